The molecule has 1 aliphatic rings. The number of halogens is 3. The molecular weight excluding hydrogens is 307 g/mol. The number of hydrogen-bond acceptors (Lipinski definition) is 4. The Labute approximate surface area is 121 Å². The van der Waals surface area contributed by atoms with E-state index in [0.717, 1.165) is 24.6 Å². The minimum atomic E-state index is -4.42. The van der Waals surface area contributed by atoms with Crippen molar-refractivity contribution in [2.75, 3.05) is 24.2 Å². The zero-order valence-electron chi connectivity index (χ0n) is 11.4. The number of anilines is 1. The van der Waals surface area contributed by atoms with Gasteiger partial charge >= 0.3 is 6.18 Å². The average Bonchev–Trinajstić information content (AvgIpc) is 2.36. The van der Waals surface area contributed by atoms with Gasteiger partial charge in [0, 0.05) is 25.3 Å². The standard InChI is InChI=1S/C12H16F3N3O2S/c1-21(19,20)17-10-3-2-6-18(8-10)11-7-9(4-5-16-11)12(13,14)15/h4-5,7,10,17H,2-3,6,8H2,1H3/t10-/m1/s1. The van der Waals surface area contributed by atoms with Crippen LogP contribution in [0.1, 0.15) is 18.4 Å². The number of rotatable bonds is 3. The molecule has 9 heteroatoms. The van der Waals surface area contributed by atoms with Crippen LogP contribution in [0.4, 0.5) is 19.0 Å². The molecule has 118 valence electrons. The Morgan fingerprint density at radius 3 is 2.76 bits per heavy atom. The van der Waals surface area contributed by atoms with Gasteiger partial charge in [-0.15, -0.1) is 0 Å². The van der Waals surface area contributed by atoms with E-state index in [1.807, 2.05) is 0 Å². The molecule has 0 aliphatic carbocycles. The molecule has 0 spiro atoms. The molecule has 1 saturated heterocycles. The van der Waals surface area contributed by atoms with Gasteiger partial charge in [0.1, 0.15) is 5.82 Å². The van der Waals surface area contributed by atoms with Crippen LogP contribution in [0, 0.1) is 0 Å². The molecule has 0 amide bonds. The van der Waals surface area contributed by atoms with Crippen LogP contribution in [-0.4, -0.2) is 38.8 Å². The van der Waals surface area contributed by atoms with Gasteiger partial charge in [0.25, 0.3) is 0 Å². The van der Waals surface area contributed by atoms with E-state index < -0.39 is 21.8 Å². The van der Waals surface area contributed by atoms with Gasteiger partial charge in [-0.1, -0.05) is 0 Å². The molecule has 1 aromatic heterocycles. The third kappa shape index (κ3) is 4.57. The van der Waals surface area contributed by atoms with Crippen molar-refractivity contribution in [3.63, 3.8) is 0 Å². The minimum absolute atomic E-state index is 0.213. The lowest BCUT2D eigenvalue weighted by molar-refractivity contribution is -0.137. The van der Waals surface area contributed by atoms with Gasteiger partial charge in [-0.2, -0.15) is 13.2 Å². The lowest BCUT2D eigenvalue weighted by atomic mass is 10.1. The molecule has 5 nitrogen and oxygen atoms in total. The first-order chi connectivity index (χ1) is 9.65. The molecule has 1 aromatic rings. The fourth-order valence-corrected chi connectivity index (χ4v) is 3.15. The Bertz CT molecular complexity index is 604. The highest BCUT2D eigenvalue weighted by atomic mass is 32.2. The number of piperidine rings is 1. The smallest absolute Gasteiger partial charge is 0.355 e. The van der Waals surface area contributed by atoms with Crippen LogP contribution in [0.15, 0.2) is 18.3 Å². The fourth-order valence-electron chi connectivity index (χ4n) is 2.35. The highest BCUT2D eigenvalue weighted by Gasteiger charge is 2.32. The van der Waals surface area contributed by atoms with Gasteiger partial charge in [0.05, 0.1) is 11.8 Å². The molecule has 0 saturated carbocycles. The first-order valence-electron chi connectivity index (χ1n) is 6.41. The van der Waals surface area contributed by atoms with Crippen molar-refractivity contribution in [3.05, 3.63) is 23.9 Å². The Kier molecular flexibility index (Phi) is 4.43. The van der Waals surface area contributed by atoms with E-state index in [9.17, 15) is 21.6 Å². The monoisotopic (exact) mass is 323 g/mol. The zero-order chi connectivity index (χ0) is 15.7. The van der Waals surface area contributed by atoms with Crippen molar-refractivity contribution in [2.24, 2.45) is 0 Å². The summed E-state index contributed by atoms with van der Waals surface area (Å²) in [5.74, 6) is 0.213. The second-order valence-corrected chi connectivity index (χ2v) is 6.86. The molecule has 1 N–H and O–H groups in total. The van der Waals surface area contributed by atoms with Crippen LogP contribution in [0.3, 0.4) is 0 Å². The summed E-state index contributed by atoms with van der Waals surface area (Å²) in [5, 5.41) is 0. The number of alkyl halides is 3. The lowest BCUT2D eigenvalue weighted by Gasteiger charge is -2.33. The van der Waals surface area contributed by atoms with E-state index in [-0.39, 0.29) is 11.9 Å². The third-order valence-corrected chi connectivity index (χ3v) is 3.96. The summed E-state index contributed by atoms with van der Waals surface area (Å²) in [6, 6.07) is 1.59. The molecule has 1 atom stereocenters. The molecular formula is C12H16F3N3O2S. The van der Waals surface area contributed by atoms with Crippen molar-refractivity contribution < 1.29 is 21.6 Å². The van der Waals surface area contributed by atoms with Crippen molar-refractivity contribution in [3.8, 4) is 0 Å². The van der Waals surface area contributed by atoms with Crippen molar-refractivity contribution in [1.29, 1.82) is 0 Å². The summed E-state index contributed by atoms with van der Waals surface area (Å²) in [6.45, 7) is 0.859. The predicted octanol–water partition coefficient (Wildman–Crippen LogP) is 1.62. The highest BCUT2D eigenvalue weighted by Crippen LogP contribution is 2.31. The summed E-state index contributed by atoms with van der Waals surface area (Å²) in [4.78, 5) is 5.62. The molecule has 0 aromatic carbocycles. The molecule has 0 bridgehead atoms. The van der Waals surface area contributed by atoms with E-state index in [4.69, 9.17) is 0 Å². The topological polar surface area (TPSA) is 62.3 Å². The number of aromatic nitrogens is 1. The number of nitrogens with zero attached hydrogens (tertiary/aromatic N) is 2. The molecule has 2 heterocycles. The fraction of sp³-hybridized carbons (Fsp3) is 0.583. The molecule has 21 heavy (non-hydrogen) atoms. The van der Waals surface area contributed by atoms with Gasteiger partial charge in [-0.25, -0.2) is 18.1 Å². The SMILES string of the molecule is CS(=O)(=O)N[C@@H]1CCCN(c2cc(C(F)(F)F)ccn2)C1. The van der Waals surface area contributed by atoms with Gasteiger partial charge in [0.2, 0.25) is 10.0 Å². The summed E-state index contributed by atoms with van der Waals surface area (Å²) < 4.78 is 63.0. The van der Waals surface area contributed by atoms with Gasteiger partial charge in [-0.3, -0.25) is 0 Å². The Balaban J connectivity index is 2.15. The Hall–Kier alpha value is -1.35. The van der Waals surface area contributed by atoms with E-state index in [1.54, 1.807) is 4.90 Å². The molecule has 1 aliphatic heterocycles. The molecule has 0 unspecified atom stereocenters. The maximum Gasteiger partial charge on any atom is 0.416 e. The van der Waals surface area contributed by atoms with Crippen molar-refractivity contribution in [2.45, 2.75) is 25.1 Å². The third-order valence-electron chi connectivity index (χ3n) is 3.20. The molecule has 2 rings (SSSR count). The first-order valence-corrected chi connectivity index (χ1v) is 8.30. The van der Waals surface area contributed by atoms with Gasteiger partial charge < -0.3 is 4.90 Å². The number of hydrogen-bond donors (Lipinski definition) is 1. The Morgan fingerprint density at radius 2 is 2.14 bits per heavy atom. The van der Waals surface area contributed by atoms with E-state index in [1.165, 1.54) is 0 Å². The Morgan fingerprint density at radius 1 is 1.43 bits per heavy atom. The largest absolute Gasteiger partial charge is 0.416 e. The van der Waals surface area contributed by atoms with E-state index in [2.05, 4.69) is 9.71 Å². The van der Waals surface area contributed by atoms with Crippen molar-refractivity contribution in [1.82, 2.24) is 9.71 Å². The number of sulfonamides is 1. The minimum Gasteiger partial charge on any atom is -0.355 e. The van der Waals surface area contributed by atoms with Gasteiger partial charge in [0.15, 0.2) is 0 Å². The quantitative estimate of drug-likeness (QED) is 0.918. The summed E-state index contributed by atoms with van der Waals surface area (Å²) in [7, 11) is -3.34. The summed E-state index contributed by atoms with van der Waals surface area (Å²) in [6.07, 6.45) is -0.897. The second-order valence-electron chi connectivity index (χ2n) is 5.08. The number of pyridine rings is 1. The van der Waals surface area contributed by atoms with Gasteiger partial charge in [-0.05, 0) is 25.0 Å². The van der Waals surface area contributed by atoms with Crippen LogP contribution in [-0.2, 0) is 16.2 Å². The molecule has 0 radical (unpaired) electrons. The maximum atomic E-state index is 12.7. The summed E-state index contributed by atoms with van der Waals surface area (Å²) in [5.41, 5.74) is -0.759. The maximum absolute atomic E-state index is 12.7. The number of nitrogens with one attached hydrogen (secondary N) is 1. The van der Waals surface area contributed by atoms with Crippen LogP contribution >= 0.6 is 0 Å². The zero-order valence-corrected chi connectivity index (χ0v) is 12.2. The van der Waals surface area contributed by atoms with Crippen LogP contribution in [0.25, 0.3) is 0 Å². The van der Waals surface area contributed by atoms with E-state index >= 15 is 0 Å². The normalized spacial score (nSPS) is 20.6. The second kappa shape index (κ2) is 5.80. The lowest BCUT2D eigenvalue weighted by Crippen LogP contribution is -2.47. The predicted molar refractivity (Wildman–Crippen MR) is 72.5 cm³/mol. The first kappa shape index (κ1) is 16.0. The van der Waals surface area contributed by atoms with Crippen LogP contribution in [0.2, 0.25) is 0 Å². The van der Waals surface area contributed by atoms with Crippen molar-refractivity contribution >= 4 is 15.8 Å². The van der Waals surface area contributed by atoms with E-state index in [0.29, 0.717) is 25.9 Å². The van der Waals surface area contributed by atoms with Crippen LogP contribution < -0.4 is 9.62 Å². The highest BCUT2D eigenvalue weighted by molar-refractivity contribution is 7.88. The van der Waals surface area contributed by atoms with Crippen LogP contribution in [0.5, 0.6) is 0 Å². The molecule has 1 fully saturated rings. The summed E-state index contributed by atoms with van der Waals surface area (Å²) >= 11 is 0. The average molecular weight is 323 g/mol.